The van der Waals surface area contributed by atoms with Crippen molar-refractivity contribution in [3.05, 3.63) is 64.4 Å². The van der Waals surface area contributed by atoms with E-state index >= 15 is 0 Å². The lowest BCUT2D eigenvalue weighted by Gasteiger charge is -2.06. The highest BCUT2D eigenvalue weighted by Crippen LogP contribution is 2.24. The Morgan fingerprint density at radius 1 is 1.29 bits per heavy atom. The number of halogens is 2. The SMILES string of the molecule is O=C(O)COc1ccc(/C=N\NC(=O)c2ccccc2F)cc1Cl. The van der Waals surface area contributed by atoms with Gasteiger partial charge in [-0.2, -0.15) is 5.10 Å². The van der Waals surface area contributed by atoms with Crippen LogP contribution in [0.25, 0.3) is 0 Å². The summed E-state index contributed by atoms with van der Waals surface area (Å²) in [7, 11) is 0. The number of amides is 1. The topological polar surface area (TPSA) is 88.0 Å². The largest absolute Gasteiger partial charge is 0.480 e. The second-order valence-electron chi connectivity index (χ2n) is 4.55. The van der Waals surface area contributed by atoms with E-state index < -0.39 is 24.3 Å². The van der Waals surface area contributed by atoms with Gasteiger partial charge in [0.25, 0.3) is 5.91 Å². The number of aliphatic carboxylic acids is 1. The summed E-state index contributed by atoms with van der Waals surface area (Å²) in [6.07, 6.45) is 1.31. The van der Waals surface area contributed by atoms with Gasteiger partial charge in [0.05, 0.1) is 16.8 Å². The summed E-state index contributed by atoms with van der Waals surface area (Å²) >= 11 is 5.95. The molecule has 0 heterocycles. The predicted octanol–water partition coefficient (Wildman–Crippen LogP) is 2.71. The third kappa shape index (κ3) is 4.79. The molecule has 0 unspecified atom stereocenters. The second kappa shape index (κ2) is 8.07. The van der Waals surface area contributed by atoms with Crippen molar-refractivity contribution in [3.8, 4) is 5.75 Å². The summed E-state index contributed by atoms with van der Waals surface area (Å²) in [4.78, 5) is 22.2. The Kier molecular flexibility index (Phi) is 5.86. The molecule has 0 saturated carbocycles. The fourth-order valence-corrected chi connectivity index (χ4v) is 1.97. The van der Waals surface area contributed by atoms with Gasteiger partial charge in [-0.15, -0.1) is 0 Å². The van der Waals surface area contributed by atoms with Crippen LogP contribution in [-0.4, -0.2) is 29.8 Å². The maximum Gasteiger partial charge on any atom is 0.341 e. The van der Waals surface area contributed by atoms with Crippen LogP contribution in [-0.2, 0) is 4.79 Å². The molecule has 2 rings (SSSR count). The van der Waals surface area contributed by atoms with E-state index in [1.807, 2.05) is 0 Å². The van der Waals surface area contributed by atoms with Crippen LogP contribution in [0, 0.1) is 5.82 Å². The van der Waals surface area contributed by atoms with Gasteiger partial charge in [0, 0.05) is 0 Å². The van der Waals surface area contributed by atoms with Crippen molar-refractivity contribution in [2.45, 2.75) is 0 Å². The number of carboxylic acid groups (broad SMARTS) is 1. The molecule has 0 atom stereocenters. The van der Waals surface area contributed by atoms with E-state index in [4.69, 9.17) is 21.4 Å². The van der Waals surface area contributed by atoms with Gasteiger partial charge in [-0.1, -0.05) is 23.7 Å². The molecule has 2 aromatic rings. The van der Waals surface area contributed by atoms with E-state index in [0.717, 1.165) is 0 Å². The first-order chi connectivity index (χ1) is 11.5. The van der Waals surface area contributed by atoms with Crippen LogP contribution in [0.3, 0.4) is 0 Å². The van der Waals surface area contributed by atoms with Crippen molar-refractivity contribution in [2.75, 3.05) is 6.61 Å². The average molecular weight is 351 g/mol. The number of carbonyl (C=O) groups is 2. The third-order valence-electron chi connectivity index (χ3n) is 2.81. The second-order valence-corrected chi connectivity index (χ2v) is 4.96. The van der Waals surface area contributed by atoms with Crippen LogP contribution < -0.4 is 10.2 Å². The van der Waals surface area contributed by atoms with Gasteiger partial charge in [0.1, 0.15) is 11.6 Å². The average Bonchev–Trinajstić information content (AvgIpc) is 2.54. The van der Waals surface area contributed by atoms with Gasteiger partial charge < -0.3 is 9.84 Å². The molecule has 0 aliphatic heterocycles. The molecular formula is C16H12ClFN2O4. The minimum Gasteiger partial charge on any atom is -0.480 e. The van der Waals surface area contributed by atoms with Crippen molar-refractivity contribution in [2.24, 2.45) is 5.10 Å². The standard InChI is InChI=1S/C16H12ClFN2O4/c17-12-7-10(5-6-14(12)24-9-15(21)22)8-19-20-16(23)11-3-1-2-4-13(11)18/h1-8H,9H2,(H,20,23)(H,21,22)/b19-8-. The van der Waals surface area contributed by atoms with Crippen LogP contribution in [0.4, 0.5) is 4.39 Å². The first-order valence-electron chi connectivity index (χ1n) is 6.69. The van der Waals surface area contributed by atoms with E-state index in [-0.39, 0.29) is 16.3 Å². The third-order valence-corrected chi connectivity index (χ3v) is 3.10. The Morgan fingerprint density at radius 2 is 2.04 bits per heavy atom. The summed E-state index contributed by atoms with van der Waals surface area (Å²) in [6.45, 7) is -0.508. The van der Waals surface area contributed by atoms with E-state index in [0.29, 0.717) is 5.56 Å². The molecular weight excluding hydrogens is 339 g/mol. The molecule has 0 saturated heterocycles. The predicted molar refractivity (Wildman–Crippen MR) is 86.0 cm³/mol. The molecule has 0 spiro atoms. The van der Waals surface area contributed by atoms with Gasteiger partial charge in [0.15, 0.2) is 6.61 Å². The Balaban J connectivity index is 1.99. The maximum absolute atomic E-state index is 13.4. The molecule has 124 valence electrons. The van der Waals surface area contributed by atoms with Gasteiger partial charge in [-0.3, -0.25) is 4.79 Å². The molecule has 8 heteroatoms. The summed E-state index contributed by atoms with van der Waals surface area (Å²) < 4.78 is 18.4. The van der Waals surface area contributed by atoms with Crippen LogP contribution in [0.2, 0.25) is 5.02 Å². The van der Waals surface area contributed by atoms with Crippen LogP contribution >= 0.6 is 11.6 Å². The van der Waals surface area contributed by atoms with Crippen LogP contribution in [0.5, 0.6) is 5.75 Å². The Bertz CT molecular complexity index is 795. The normalized spacial score (nSPS) is 10.6. The summed E-state index contributed by atoms with van der Waals surface area (Å²) in [5, 5.41) is 12.5. The minimum atomic E-state index is -1.12. The van der Waals surface area contributed by atoms with E-state index in [9.17, 15) is 14.0 Å². The highest BCUT2D eigenvalue weighted by molar-refractivity contribution is 6.32. The molecule has 0 aromatic heterocycles. The lowest BCUT2D eigenvalue weighted by atomic mass is 10.2. The summed E-state index contributed by atoms with van der Waals surface area (Å²) in [5.74, 6) is -2.23. The van der Waals surface area contributed by atoms with Crippen LogP contribution in [0.1, 0.15) is 15.9 Å². The number of carbonyl (C=O) groups excluding carboxylic acids is 1. The van der Waals surface area contributed by atoms with Crippen molar-refractivity contribution in [1.82, 2.24) is 5.43 Å². The number of nitrogens with one attached hydrogen (secondary N) is 1. The van der Waals surface area contributed by atoms with E-state index in [1.165, 1.54) is 42.6 Å². The Labute approximate surface area is 141 Å². The smallest absolute Gasteiger partial charge is 0.341 e. The molecule has 2 N–H and O–H groups in total. The molecule has 1 amide bonds. The van der Waals surface area contributed by atoms with Crippen molar-refractivity contribution in [3.63, 3.8) is 0 Å². The van der Waals surface area contributed by atoms with E-state index in [2.05, 4.69) is 10.5 Å². The zero-order chi connectivity index (χ0) is 17.5. The Morgan fingerprint density at radius 3 is 2.71 bits per heavy atom. The van der Waals surface area contributed by atoms with Gasteiger partial charge >= 0.3 is 5.97 Å². The zero-order valence-electron chi connectivity index (χ0n) is 12.2. The first kappa shape index (κ1) is 17.4. The molecule has 6 nitrogen and oxygen atoms in total. The van der Waals surface area contributed by atoms with Crippen molar-refractivity contribution in [1.29, 1.82) is 0 Å². The number of rotatable bonds is 6. The molecule has 2 aromatic carbocycles. The summed E-state index contributed by atoms with van der Waals surface area (Å²) in [5.41, 5.74) is 2.62. The van der Waals surface area contributed by atoms with Crippen molar-refractivity contribution >= 4 is 29.7 Å². The molecule has 0 aliphatic rings. The summed E-state index contributed by atoms with van der Waals surface area (Å²) in [6, 6.07) is 10.1. The number of nitrogens with zero attached hydrogens (tertiary/aromatic N) is 1. The fraction of sp³-hybridized carbons (Fsp3) is 0.0625. The van der Waals surface area contributed by atoms with Gasteiger partial charge in [-0.25, -0.2) is 14.6 Å². The zero-order valence-corrected chi connectivity index (χ0v) is 13.0. The number of hydrazone groups is 1. The van der Waals surface area contributed by atoms with Gasteiger partial charge in [0.2, 0.25) is 0 Å². The monoisotopic (exact) mass is 350 g/mol. The lowest BCUT2D eigenvalue weighted by molar-refractivity contribution is -0.139. The molecule has 0 aliphatic carbocycles. The molecule has 24 heavy (non-hydrogen) atoms. The maximum atomic E-state index is 13.4. The molecule has 0 bridgehead atoms. The quantitative estimate of drug-likeness (QED) is 0.619. The van der Waals surface area contributed by atoms with Crippen molar-refractivity contribution < 1.29 is 23.8 Å². The van der Waals surface area contributed by atoms with Crippen LogP contribution in [0.15, 0.2) is 47.6 Å². The van der Waals surface area contributed by atoms with E-state index in [1.54, 1.807) is 6.07 Å². The van der Waals surface area contributed by atoms with Gasteiger partial charge in [-0.05, 0) is 35.9 Å². The highest BCUT2D eigenvalue weighted by Gasteiger charge is 2.09. The number of hydrogen-bond donors (Lipinski definition) is 2. The number of ether oxygens (including phenoxy) is 1. The lowest BCUT2D eigenvalue weighted by Crippen LogP contribution is -2.18. The minimum absolute atomic E-state index is 0.120. The molecule has 0 radical (unpaired) electrons. The fourth-order valence-electron chi connectivity index (χ4n) is 1.72. The number of carboxylic acids is 1. The molecule has 0 fully saturated rings. The first-order valence-corrected chi connectivity index (χ1v) is 7.07. The highest BCUT2D eigenvalue weighted by atomic mass is 35.5. The number of hydrogen-bond acceptors (Lipinski definition) is 4. The Hall–Kier alpha value is -2.93. The number of benzene rings is 2.